The van der Waals surface area contributed by atoms with Crippen LogP contribution < -0.4 is 0 Å². The van der Waals surface area contributed by atoms with Crippen molar-refractivity contribution in [1.82, 2.24) is 0 Å². The summed E-state index contributed by atoms with van der Waals surface area (Å²) in [6, 6.07) is 13.8. The van der Waals surface area contributed by atoms with Crippen molar-refractivity contribution in [3.8, 4) is 0 Å². The highest BCUT2D eigenvalue weighted by Crippen LogP contribution is 2.33. The van der Waals surface area contributed by atoms with Crippen LogP contribution >= 0.6 is 11.8 Å². The maximum atomic E-state index is 9.35. The topological polar surface area (TPSA) is 40.5 Å². The third-order valence-corrected chi connectivity index (χ3v) is 3.97. The molecule has 0 heterocycles. The van der Waals surface area contributed by atoms with Crippen LogP contribution in [0.1, 0.15) is 16.7 Å². The minimum absolute atomic E-state index is 0.0312. The second-order valence-corrected chi connectivity index (χ2v) is 5.22. The molecule has 0 saturated carbocycles. The van der Waals surface area contributed by atoms with Crippen molar-refractivity contribution in [2.45, 2.75) is 29.9 Å². The first-order valence-electron chi connectivity index (χ1n) is 5.81. The van der Waals surface area contributed by atoms with E-state index in [9.17, 15) is 10.2 Å². The van der Waals surface area contributed by atoms with Crippen LogP contribution in [0.25, 0.3) is 0 Å². The van der Waals surface area contributed by atoms with Gasteiger partial charge in [0.15, 0.2) is 0 Å². The summed E-state index contributed by atoms with van der Waals surface area (Å²) in [6.07, 6.45) is 0. The van der Waals surface area contributed by atoms with Crippen LogP contribution in [0, 0.1) is 6.92 Å². The van der Waals surface area contributed by atoms with Gasteiger partial charge in [-0.1, -0.05) is 42.1 Å². The number of aliphatic hydroxyl groups excluding tert-OH is 2. The summed E-state index contributed by atoms with van der Waals surface area (Å²) in [4.78, 5) is 2.07. The molecule has 2 N–H and O–H groups in total. The summed E-state index contributed by atoms with van der Waals surface area (Å²) < 4.78 is 0. The lowest BCUT2D eigenvalue weighted by atomic mass is 10.2. The van der Waals surface area contributed by atoms with Gasteiger partial charge in [0.2, 0.25) is 0 Å². The van der Waals surface area contributed by atoms with Crippen LogP contribution in [0.2, 0.25) is 0 Å². The van der Waals surface area contributed by atoms with Crippen molar-refractivity contribution in [3.63, 3.8) is 0 Å². The Kier molecular flexibility index (Phi) is 4.42. The molecule has 0 aliphatic carbocycles. The monoisotopic (exact) mass is 260 g/mol. The molecular formula is C15H16O2S. The fourth-order valence-corrected chi connectivity index (χ4v) is 2.90. The molecule has 0 spiro atoms. The number of hydrogen-bond acceptors (Lipinski definition) is 3. The Labute approximate surface area is 111 Å². The lowest BCUT2D eigenvalue weighted by Gasteiger charge is -2.10. The van der Waals surface area contributed by atoms with Crippen LogP contribution in [0.15, 0.2) is 52.3 Å². The Hall–Kier alpha value is -1.29. The molecule has 2 rings (SSSR count). The molecule has 94 valence electrons. The maximum absolute atomic E-state index is 9.35. The van der Waals surface area contributed by atoms with Gasteiger partial charge < -0.3 is 10.2 Å². The normalized spacial score (nSPS) is 10.6. The fourth-order valence-electron chi connectivity index (χ4n) is 1.74. The first-order chi connectivity index (χ1) is 8.74. The van der Waals surface area contributed by atoms with Crippen molar-refractivity contribution in [1.29, 1.82) is 0 Å². The average molecular weight is 260 g/mol. The number of aryl methyl sites for hydroxylation is 1. The molecule has 2 nitrogen and oxygen atoms in total. The van der Waals surface area contributed by atoms with Crippen LogP contribution in [-0.4, -0.2) is 10.2 Å². The molecule has 2 aromatic carbocycles. The molecule has 0 aliphatic heterocycles. The smallest absolute Gasteiger partial charge is 0.0692 e. The standard InChI is InChI=1S/C15H16O2S/c1-11-6-7-13(10-17)15(8-11)18-14-5-3-2-4-12(14)9-16/h2-8,16-17H,9-10H2,1H3. The summed E-state index contributed by atoms with van der Waals surface area (Å²) in [7, 11) is 0. The summed E-state index contributed by atoms with van der Waals surface area (Å²) in [5.74, 6) is 0. The second-order valence-electron chi connectivity index (χ2n) is 4.14. The van der Waals surface area contributed by atoms with Crippen molar-refractivity contribution < 1.29 is 10.2 Å². The third-order valence-electron chi connectivity index (χ3n) is 2.76. The minimum Gasteiger partial charge on any atom is -0.392 e. The Bertz CT molecular complexity index is 538. The Morgan fingerprint density at radius 2 is 1.56 bits per heavy atom. The minimum atomic E-state index is 0.0312. The highest BCUT2D eigenvalue weighted by molar-refractivity contribution is 7.99. The Morgan fingerprint density at radius 1 is 0.889 bits per heavy atom. The zero-order valence-electron chi connectivity index (χ0n) is 10.3. The van der Waals surface area contributed by atoms with E-state index in [1.807, 2.05) is 43.3 Å². The van der Waals surface area contributed by atoms with E-state index in [4.69, 9.17) is 0 Å². The van der Waals surface area contributed by atoms with Gasteiger partial charge in [-0.3, -0.25) is 0 Å². The highest BCUT2D eigenvalue weighted by atomic mass is 32.2. The van der Waals surface area contributed by atoms with E-state index in [-0.39, 0.29) is 13.2 Å². The van der Waals surface area contributed by atoms with Crippen molar-refractivity contribution >= 4 is 11.8 Å². The van der Waals surface area contributed by atoms with E-state index in [0.29, 0.717) is 0 Å². The second kappa shape index (κ2) is 6.05. The zero-order valence-corrected chi connectivity index (χ0v) is 11.1. The van der Waals surface area contributed by atoms with E-state index >= 15 is 0 Å². The SMILES string of the molecule is Cc1ccc(CO)c(Sc2ccccc2CO)c1. The quantitative estimate of drug-likeness (QED) is 0.887. The molecule has 0 unspecified atom stereocenters. The fraction of sp³-hybridized carbons (Fsp3) is 0.200. The largest absolute Gasteiger partial charge is 0.392 e. The molecule has 0 aliphatic rings. The van der Waals surface area contributed by atoms with Gasteiger partial charge in [-0.05, 0) is 35.7 Å². The zero-order chi connectivity index (χ0) is 13.0. The average Bonchev–Trinajstić information content (AvgIpc) is 2.40. The van der Waals surface area contributed by atoms with Gasteiger partial charge in [0.25, 0.3) is 0 Å². The molecule has 0 atom stereocenters. The van der Waals surface area contributed by atoms with E-state index in [1.54, 1.807) is 11.8 Å². The van der Waals surface area contributed by atoms with Gasteiger partial charge in [0.05, 0.1) is 13.2 Å². The molecule has 0 amide bonds. The van der Waals surface area contributed by atoms with E-state index in [0.717, 1.165) is 26.5 Å². The van der Waals surface area contributed by atoms with Gasteiger partial charge in [0.1, 0.15) is 0 Å². The third kappa shape index (κ3) is 2.93. The van der Waals surface area contributed by atoms with Crippen molar-refractivity contribution in [3.05, 3.63) is 59.2 Å². The number of hydrogen-bond donors (Lipinski definition) is 2. The summed E-state index contributed by atoms with van der Waals surface area (Å²) in [6.45, 7) is 2.09. The van der Waals surface area contributed by atoms with Crippen molar-refractivity contribution in [2.24, 2.45) is 0 Å². The molecule has 0 radical (unpaired) electrons. The summed E-state index contributed by atoms with van der Waals surface area (Å²) in [5.41, 5.74) is 2.99. The van der Waals surface area contributed by atoms with Gasteiger partial charge in [0, 0.05) is 9.79 Å². The lowest BCUT2D eigenvalue weighted by Crippen LogP contribution is -1.91. The molecule has 2 aromatic rings. The Balaban J connectivity index is 2.36. The van der Waals surface area contributed by atoms with E-state index in [1.165, 1.54) is 0 Å². The molecule has 0 aromatic heterocycles. The molecule has 0 saturated heterocycles. The predicted molar refractivity (Wildman–Crippen MR) is 73.6 cm³/mol. The van der Waals surface area contributed by atoms with Crippen LogP contribution in [0.5, 0.6) is 0 Å². The molecule has 18 heavy (non-hydrogen) atoms. The van der Waals surface area contributed by atoms with Gasteiger partial charge in [-0.25, -0.2) is 0 Å². The first kappa shape index (κ1) is 13.1. The lowest BCUT2D eigenvalue weighted by molar-refractivity contribution is 0.278. The van der Waals surface area contributed by atoms with E-state index in [2.05, 4.69) is 6.07 Å². The molecule has 0 fully saturated rings. The number of benzene rings is 2. The molecule has 0 bridgehead atoms. The number of rotatable bonds is 4. The molecule has 3 heteroatoms. The summed E-state index contributed by atoms with van der Waals surface area (Å²) >= 11 is 1.58. The van der Waals surface area contributed by atoms with Crippen LogP contribution in [0.4, 0.5) is 0 Å². The van der Waals surface area contributed by atoms with Crippen molar-refractivity contribution in [2.75, 3.05) is 0 Å². The van der Waals surface area contributed by atoms with Gasteiger partial charge in [-0.15, -0.1) is 0 Å². The Morgan fingerprint density at radius 3 is 2.28 bits per heavy atom. The van der Waals surface area contributed by atoms with E-state index < -0.39 is 0 Å². The van der Waals surface area contributed by atoms with Gasteiger partial charge in [-0.2, -0.15) is 0 Å². The predicted octanol–water partition coefficient (Wildman–Crippen LogP) is 3.13. The summed E-state index contributed by atoms with van der Waals surface area (Å²) in [5, 5.41) is 18.7. The van der Waals surface area contributed by atoms with Crippen LogP contribution in [-0.2, 0) is 13.2 Å². The number of aliphatic hydroxyl groups is 2. The first-order valence-corrected chi connectivity index (χ1v) is 6.63. The maximum Gasteiger partial charge on any atom is 0.0692 e. The highest BCUT2D eigenvalue weighted by Gasteiger charge is 2.07. The molecular weight excluding hydrogens is 244 g/mol. The van der Waals surface area contributed by atoms with Gasteiger partial charge >= 0.3 is 0 Å². The van der Waals surface area contributed by atoms with Crippen LogP contribution in [0.3, 0.4) is 0 Å².